The van der Waals surface area contributed by atoms with Gasteiger partial charge < -0.3 is 9.67 Å². The van der Waals surface area contributed by atoms with Crippen LogP contribution >= 0.6 is 0 Å². The summed E-state index contributed by atoms with van der Waals surface area (Å²) in [6.07, 6.45) is 2.30. The van der Waals surface area contributed by atoms with Crippen molar-refractivity contribution in [2.45, 2.75) is 40.3 Å². The molecule has 0 spiro atoms. The van der Waals surface area contributed by atoms with Crippen molar-refractivity contribution in [3.63, 3.8) is 0 Å². The van der Waals surface area contributed by atoms with Crippen LogP contribution < -0.4 is 5.56 Å². The van der Waals surface area contributed by atoms with Crippen LogP contribution in [0.2, 0.25) is 0 Å². The number of aromatic nitrogens is 4. The van der Waals surface area contributed by atoms with Crippen LogP contribution in [0.1, 0.15) is 34.0 Å². The second-order valence-electron chi connectivity index (χ2n) is 4.96. The highest BCUT2D eigenvalue weighted by Gasteiger charge is 2.14. The lowest BCUT2D eigenvalue weighted by atomic mass is 10.1. The van der Waals surface area contributed by atoms with E-state index in [0.717, 1.165) is 5.82 Å². The third kappa shape index (κ3) is 3.18. The highest BCUT2D eigenvalue weighted by atomic mass is 16.4. The lowest BCUT2D eigenvalue weighted by Crippen LogP contribution is -2.27. The zero-order chi connectivity index (χ0) is 15.6. The predicted octanol–water partition coefficient (Wildman–Crippen LogP) is 1.15. The molecule has 0 saturated heterocycles. The summed E-state index contributed by atoms with van der Waals surface area (Å²) >= 11 is 0. The summed E-state index contributed by atoms with van der Waals surface area (Å²) < 4.78 is 3.21. The molecule has 0 saturated carbocycles. The fraction of sp³-hybridized carbons (Fsp3) is 0.429. The number of hydrogen-bond donors (Lipinski definition) is 1. The Morgan fingerprint density at radius 2 is 2.00 bits per heavy atom. The van der Waals surface area contributed by atoms with Gasteiger partial charge in [-0.25, -0.2) is 9.78 Å². The van der Waals surface area contributed by atoms with Crippen LogP contribution in [-0.2, 0) is 13.1 Å². The molecule has 0 aliphatic carbocycles. The molecule has 7 heteroatoms. The van der Waals surface area contributed by atoms with E-state index in [0.29, 0.717) is 30.9 Å². The van der Waals surface area contributed by atoms with Crippen molar-refractivity contribution in [2.75, 3.05) is 0 Å². The van der Waals surface area contributed by atoms with Gasteiger partial charge in [0, 0.05) is 19.3 Å². The van der Waals surface area contributed by atoms with Crippen LogP contribution in [0.3, 0.4) is 0 Å². The first-order chi connectivity index (χ1) is 9.90. The molecule has 0 amide bonds. The number of carboxylic acid groups (broad SMARTS) is 1. The zero-order valence-corrected chi connectivity index (χ0v) is 12.3. The molecular formula is C14H18N4O3. The molecule has 1 N–H and O–H groups in total. The molecule has 0 radical (unpaired) electrons. The SMILES string of the molecule is Cc1nc(C)n(CCCn2ccc(C)c(C(=O)O)c2=O)n1. The maximum atomic E-state index is 12.1. The lowest BCUT2D eigenvalue weighted by Gasteiger charge is -2.09. The Morgan fingerprint density at radius 1 is 1.29 bits per heavy atom. The van der Waals surface area contributed by atoms with Gasteiger partial charge in [0.25, 0.3) is 5.56 Å². The lowest BCUT2D eigenvalue weighted by molar-refractivity contribution is 0.0693. The number of carboxylic acids is 1. The molecule has 112 valence electrons. The van der Waals surface area contributed by atoms with Crippen LogP contribution in [0.15, 0.2) is 17.1 Å². The minimum Gasteiger partial charge on any atom is -0.477 e. The normalized spacial score (nSPS) is 10.8. The monoisotopic (exact) mass is 290 g/mol. The molecule has 0 aromatic carbocycles. The van der Waals surface area contributed by atoms with Gasteiger partial charge in [0.05, 0.1) is 0 Å². The van der Waals surface area contributed by atoms with Gasteiger partial charge in [-0.15, -0.1) is 0 Å². The molecule has 7 nitrogen and oxygen atoms in total. The molecule has 2 heterocycles. The van der Waals surface area contributed by atoms with Gasteiger partial charge in [0.2, 0.25) is 0 Å². The van der Waals surface area contributed by atoms with Gasteiger partial charge in [0.1, 0.15) is 17.2 Å². The summed E-state index contributed by atoms with van der Waals surface area (Å²) in [6.45, 7) is 6.40. The quantitative estimate of drug-likeness (QED) is 0.892. The summed E-state index contributed by atoms with van der Waals surface area (Å²) in [5, 5.41) is 13.3. The Kier molecular flexibility index (Phi) is 4.21. The largest absolute Gasteiger partial charge is 0.477 e. The van der Waals surface area contributed by atoms with Gasteiger partial charge in [-0.1, -0.05) is 0 Å². The number of aromatic carboxylic acids is 1. The molecule has 0 bridgehead atoms. The summed E-state index contributed by atoms with van der Waals surface area (Å²) in [6, 6.07) is 1.65. The molecule has 2 aromatic heterocycles. The van der Waals surface area contributed by atoms with Crippen LogP contribution in [0.25, 0.3) is 0 Å². The third-order valence-corrected chi connectivity index (χ3v) is 3.32. The third-order valence-electron chi connectivity index (χ3n) is 3.32. The Morgan fingerprint density at radius 3 is 2.57 bits per heavy atom. The van der Waals surface area contributed by atoms with Crippen molar-refractivity contribution >= 4 is 5.97 Å². The Bertz CT molecular complexity index is 730. The van der Waals surface area contributed by atoms with Gasteiger partial charge in [-0.05, 0) is 38.8 Å². The van der Waals surface area contributed by atoms with Crippen LogP contribution in [0.5, 0.6) is 0 Å². The highest BCUT2D eigenvalue weighted by molar-refractivity contribution is 5.88. The zero-order valence-electron chi connectivity index (χ0n) is 12.3. The number of hydrogen-bond acceptors (Lipinski definition) is 4. The molecular weight excluding hydrogens is 272 g/mol. The van der Waals surface area contributed by atoms with E-state index in [-0.39, 0.29) is 5.56 Å². The maximum Gasteiger partial charge on any atom is 0.341 e. The topological polar surface area (TPSA) is 90.0 Å². The van der Waals surface area contributed by atoms with Gasteiger partial charge >= 0.3 is 5.97 Å². The number of aryl methyl sites for hydroxylation is 5. The predicted molar refractivity (Wildman–Crippen MR) is 76.5 cm³/mol. The number of nitrogens with zero attached hydrogens (tertiary/aromatic N) is 4. The molecule has 0 aliphatic rings. The molecule has 2 rings (SSSR count). The van der Waals surface area contributed by atoms with Gasteiger partial charge in [-0.2, -0.15) is 5.10 Å². The van der Waals surface area contributed by atoms with E-state index < -0.39 is 11.5 Å². The number of carbonyl (C=O) groups is 1. The van der Waals surface area contributed by atoms with E-state index in [2.05, 4.69) is 10.1 Å². The van der Waals surface area contributed by atoms with Crippen molar-refractivity contribution < 1.29 is 9.90 Å². The Hall–Kier alpha value is -2.44. The summed E-state index contributed by atoms with van der Waals surface area (Å²) in [5.74, 6) is 0.359. The molecule has 0 fully saturated rings. The van der Waals surface area contributed by atoms with E-state index in [9.17, 15) is 9.59 Å². The molecule has 21 heavy (non-hydrogen) atoms. The molecule has 0 aliphatic heterocycles. The van der Waals surface area contributed by atoms with E-state index in [1.165, 1.54) is 4.57 Å². The summed E-state index contributed by atoms with van der Waals surface area (Å²) in [7, 11) is 0. The van der Waals surface area contributed by atoms with E-state index in [1.807, 2.05) is 13.8 Å². The first-order valence-electron chi connectivity index (χ1n) is 6.71. The summed E-state index contributed by atoms with van der Waals surface area (Å²) in [5.41, 5.74) is -0.147. The van der Waals surface area contributed by atoms with Crippen LogP contribution in [0.4, 0.5) is 0 Å². The second kappa shape index (κ2) is 5.90. The first-order valence-corrected chi connectivity index (χ1v) is 6.71. The smallest absolute Gasteiger partial charge is 0.341 e. The van der Waals surface area contributed by atoms with Crippen molar-refractivity contribution in [1.82, 2.24) is 19.3 Å². The van der Waals surface area contributed by atoms with Crippen molar-refractivity contribution in [2.24, 2.45) is 0 Å². The second-order valence-corrected chi connectivity index (χ2v) is 4.96. The molecule has 0 atom stereocenters. The standard InChI is InChI=1S/C14H18N4O3/c1-9-5-8-17(13(19)12(9)14(20)21)6-4-7-18-11(3)15-10(2)16-18/h5,8H,4,6-7H2,1-3H3,(H,20,21). The molecule has 0 unspecified atom stereocenters. The molecule has 2 aromatic rings. The van der Waals surface area contributed by atoms with E-state index >= 15 is 0 Å². The maximum absolute atomic E-state index is 12.1. The fourth-order valence-electron chi connectivity index (χ4n) is 2.27. The minimum atomic E-state index is -1.19. The fourth-order valence-corrected chi connectivity index (χ4v) is 2.27. The highest BCUT2D eigenvalue weighted by Crippen LogP contribution is 2.03. The van der Waals surface area contributed by atoms with E-state index in [1.54, 1.807) is 23.9 Å². The average Bonchev–Trinajstić information content (AvgIpc) is 2.70. The van der Waals surface area contributed by atoms with E-state index in [4.69, 9.17) is 5.11 Å². The van der Waals surface area contributed by atoms with Gasteiger partial charge in [-0.3, -0.25) is 9.48 Å². The Balaban J connectivity index is 2.11. The van der Waals surface area contributed by atoms with Gasteiger partial charge in [0.15, 0.2) is 0 Å². The van der Waals surface area contributed by atoms with Crippen molar-refractivity contribution in [1.29, 1.82) is 0 Å². The first kappa shape index (κ1) is 15.0. The summed E-state index contributed by atoms with van der Waals surface area (Å²) in [4.78, 5) is 27.4. The minimum absolute atomic E-state index is 0.162. The number of rotatable bonds is 5. The van der Waals surface area contributed by atoms with Crippen LogP contribution in [-0.4, -0.2) is 30.4 Å². The van der Waals surface area contributed by atoms with Crippen LogP contribution in [0, 0.1) is 20.8 Å². The Labute approximate surface area is 121 Å². The van der Waals surface area contributed by atoms with Crippen molar-refractivity contribution in [3.8, 4) is 0 Å². The average molecular weight is 290 g/mol. The number of pyridine rings is 1. The van der Waals surface area contributed by atoms with Crippen molar-refractivity contribution in [3.05, 3.63) is 45.4 Å².